The van der Waals surface area contributed by atoms with Gasteiger partial charge in [0.25, 0.3) is 5.91 Å². The quantitative estimate of drug-likeness (QED) is 0.414. The lowest BCUT2D eigenvalue weighted by Crippen LogP contribution is -2.51. The van der Waals surface area contributed by atoms with E-state index in [0.717, 1.165) is 44.3 Å². The largest absolute Gasteiger partial charge is 0.493 e. The third kappa shape index (κ3) is 6.44. The Hall–Kier alpha value is -1.95. The molecule has 2 saturated heterocycles. The standard InChI is InChI=1S/C27H31Cl3N2O3/c1-19-14-21(7-9-22(19)28)35-18-27(16-25(33)31-11-3-2-4-12-31)10-5-13-32(17-27)26(34)20-6-8-23(29)24(30)15-20/h6-9,14-15H,2-5,10-13,16-18H2,1H3/t27-/m1/s1. The highest BCUT2D eigenvalue weighted by Crippen LogP contribution is 2.37. The Morgan fingerprint density at radius 3 is 2.31 bits per heavy atom. The van der Waals surface area contributed by atoms with Crippen molar-refractivity contribution in [2.24, 2.45) is 5.41 Å². The number of likely N-dealkylation sites (tertiary alicyclic amines) is 2. The van der Waals surface area contributed by atoms with Gasteiger partial charge in [0.15, 0.2) is 0 Å². The molecule has 2 aromatic rings. The van der Waals surface area contributed by atoms with Crippen molar-refractivity contribution in [2.75, 3.05) is 32.8 Å². The van der Waals surface area contributed by atoms with Crippen LogP contribution in [0.4, 0.5) is 0 Å². The zero-order valence-electron chi connectivity index (χ0n) is 20.0. The fraction of sp³-hybridized carbons (Fsp3) is 0.481. The fourth-order valence-corrected chi connectivity index (χ4v) is 5.44. The van der Waals surface area contributed by atoms with Crippen LogP contribution in [-0.4, -0.2) is 54.4 Å². The van der Waals surface area contributed by atoms with Gasteiger partial charge in [-0.05, 0) is 81.0 Å². The predicted octanol–water partition coefficient (Wildman–Crippen LogP) is 6.66. The fourth-order valence-electron chi connectivity index (χ4n) is 5.03. The first kappa shape index (κ1) is 26.1. The summed E-state index contributed by atoms with van der Waals surface area (Å²) in [6, 6.07) is 10.5. The molecule has 2 heterocycles. The minimum atomic E-state index is -0.480. The van der Waals surface area contributed by atoms with Gasteiger partial charge in [-0.25, -0.2) is 0 Å². The third-order valence-corrected chi connectivity index (χ3v) is 8.19. The molecule has 2 aromatic carbocycles. The van der Waals surface area contributed by atoms with Crippen LogP contribution in [0.5, 0.6) is 5.75 Å². The summed E-state index contributed by atoms with van der Waals surface area (Å²) in [6.07, 6.45) is 5.21. The summed E-state index contributed by atoms with van der Waals surface area (Å²) >= 11 is 18.4. The molecular formula is C27H31Cl3N2O3. The second-order valence-corrected chi connectivity index (χ2v) is 11.0. The predicted molar refractivity (Wildman–Crippen MR) is 141 cm³/mol. The van der Waals surface area contributed by atoms with E-state index in [1.807, 2.05) is 34.9 Å². The maximum atomic E-state index is 13.4. The number of hydrogen-bond acceptors (Lipinski definition) is 3. The van der Waals surface area contributed by atoms with Gasteiger partial charge < -0.3 is 14.5 Å². The molecule has 2 aliphatic rings. The van der Waals surface area contributed by atoms with E-state index in [9.17, 15) is 9.59 Å². The van der Waals surface area contributed by atoms with Crippen molar-refractivity contribution in [2.45, 2.75) is 45.4 Å². The van der Waals surface area contributed by atoms with Gasteiger partial charge in [-0.15, -0.1) is 0 Å². The molecule has 0 N–H and O–H groups in total. The highest BCUT2D eigenvalue weighted by Gasteiger charge is 2.41. The zero-order valence-corrected chi connectivity index (χ0v) is 22.3. The summed E-state index contributed by atoms with van der Waals surface area (Å²) in [5, 5.41) is 1.45. The topological polar surface area (TPSA) is 49.9 Å². The second kappa shape index (κ2) is 11.4. The average molecular weight is 538 g/mol. The van der Waals surface area contributed by atoms with Crippen molar-refractivity contribution >= 4 is 46.6 Å². The first-order valence-corrected chi connectivity index (χ1v) is 13.3. The summed E-state index contributed by atoms with van der Waals surface area (Å²) in [4.78, 5) is 30.5. The van der Waals surface area contributed by atoms with E-state index < -0.39 is 5.41 Å². The molecule has 0 aliphatic carbocycles. The van der Waals surface area contributed by atoms with Gasteiger partial charge >= 0.3 is 0 Å². The van der Waals surface area contributed by atoms with Crippen LogP contribution in [0.15, 0.2) is 36.4 Å². The number of ether oxygens (including phenoxy) is 1. The molecule has 2 fully saturated rings. The molecule has 0 bridgehead atoms. The number of halogens is 3. The number of piperidine rings is 2. The lowest BCUT2D eigenvalue weighted by atomic mass is 9.77. The smallest absolute Gasteiger partial charge is 0.253 e. The van der Waals surface area contributed by atoms with Crippen molar-refractivity contribution < 1.29 is 14.3 Å². The van der Waals surface area contributed by atoms with Crippen LogP contribution in [0.25, 0.3) is 0 Å². The van der Waals surface area contributed by atoms with Crippen molar-refractivity contribution in [3.8, 4) is 5.75 Å². The van der Waals surface area contributed by atoms with Gasteiger partial charge in [-0.3, -0.25) is 9.59 Å². The first-order chi connectivity index (χ1) is 16.8. The number of nitrogens with zero attached hydrogens (tertiary/aromatic N) is 2. The minimum Gasteiger partial charge on any atom is -0.493 e. The van der Waals surface area contributed by atoms with Gasteiger partial charge in [0.05, 0.1) is 16.7 Å². The van der Waals surface area contributed by atoms with E-state index in [2.05, 4.69) is 0 Å². The molecule has 5 nitrogen and oxygen atoms in total. The number of carbonyl (C=O) groups excluding carboxylic acids is 2. The molecule has 8 heteroatoms. The number of benzene rings is 2. The number of amides is 2. The number of aryl methyl sites for hydroxylation is 1. The van der Waals surface area contributed by atoms with E-state index in [0.29, 0.717) is 52.5 Å². The third-order valence-electron chi connectivity index (χ3n) is 7.02. The molecule has 2 aliphatic heterocycles. The molecule has 0 saturated carbocycles. The van der Waals surface area contributed by atoms with Crippen LogP contribution >= 0.6 is 34.8 Å². The van der Waals surface area contributed by atoms with Gasteiger partial charge in [0.1, 0.15) is 5.75 Å². The SMILES string of the molecule is Cc1cc(OC[C@@]2(CC(=O)N3CCCCC3)CCCN(C(=O)c3ccc(Cl)c(Cl)c3)C2)ccc1Cl. The van der Waals surface area contributed by atoms with Gasteiger partial charge in [0.2, 0.25) is 5.91 Å². The Labute approximate surface area is 222 Å². The Kier molecular flexibility index (Phi) is 8.51. The molecule has 188 valence electrons. The highest BCUT2D eigenvalue weighted by molar-refractivity contribution is 6.42. The second-order valence-electron chi connectivity index (χ2n) is 9.78. The molecule has 0 unspecified atom stereocenters. The number of hydrogen-bond donors (Lipinski definition) is 0. The Morgan fingerprint density at radius 2 is 1.60 bits per heavy atom. The van der Waals surface area contributed by atoms with Crippen LogP contribution in [0.3, 0.4) is 0 Å². The van der Waals surface area contributed by atoms with Crippen molar-refractivity contribution in [1.82, 2.24) is 9.80 Å². The number of rotatable bonds is 6. The van der Waals surface area contributed by atoms with E-state index in [4.69, 9.17) is 39.5 Å². The molecule has 4 rings (SSSR count). The lowest BCUT2D eigenvalue weighted by molar-refractivity contribution is -0.136. The van der Waals surface area contributed by atoms with Crippen LogP contribution in [0.1, 0.15) is 54.4 Å². The lowest BCUT2D eigenvalue weighted by Gasteiger charge is -2.43. The summed E-state index contributed by atoms with van der Waals surface area (Å²) in [6.45, 7) is 4.95. The molecule has 35 heavy (non-hydrogen) atoms. The minimum absolute atomic E-state index is 0.111. The maximum absolute atomic E-state index is 13.4. The first-order valence-electron chi connectivity index (χ1n) is 12.2. The van der Waals surface area contributed by atoms with E-state index in [-0.39, 0.29) is 11.8 Å². The Morgan fingerprint density at radius 1 is 0.886 bits per heavy atom. The van der Waals surface area contributed by atoms with E-state index in [1.54, 1.807) is 18.2 Å². The van der Waals surface area contributed by atoms with Crippen LogP contribution in [0.2, 0.25) is 15.1 Å². The Bertz CT molecular complexity index is 1090. The van der Waals surface area contributed by atoms with Crippen LogP contribution < -0.4 is 4.74 Å². The van der Waals surface area contributed by atoms with Gasteiger partial charge in [-0.2, -0.15) is 0 Å². The van der Waals surface area contributed by atoms with Gasteiger partial charge in [0, 0.05) is 48.6 Å². The molecule has 1 atom stereocenters. The molecule has 0 spiro atoms. The molecule has 0 radical (unpaired) electrons. The van der Waals surface area contributed by atoms with Crippen LogP contribution in [0, 0.1) is 12.3 Å². The summed E-state index contributed by atoms with van der Waals surface area (Å²) in [7, 11) is 0. The average Bonchev–Trinajstić information content (AvgIpc) is 2.86. The summed E-state index contributed by atoms with van der Waals surface area (Å²) in [5.74, 6) is 0.745. The van der Waals surface area contributed by atoms with Crippen LogP contribution in [-0.2, 0) is 4.79 Å². The van der Waals surface area contributed by atoms with E-state index in [1.165, 1.54) is 6.42 Å². The zero-order chi connectivity index (χ0) is 25.0. The monoisotopic (exact) mass is 536 g/mol. The molecule has 2 amide bonds. The highest BCUT2D eigenvalue weighted by atomic mass is 35.5. The molecular weight excluding hydrogens is 507 g/mol. The molecule has 0 aromatic heterocycles. The summed E-state index contributed by atoms with van der Waals surface area (Å²) < 4.78 is 6.24. The van der Waals surface area contributed by atoms with Crippen molar-refractivity contribution in [3.05, 3.63) is 62.6 Å². The van der Waals surface area contributed by atoms with Gasteiger partial charge in [-0.1, -0.05) is 34.8 Å². The van der Waals surface area contributed by atoms with Crippen molar-refractivity contribution in [1.29, 1.82) is 0 Å². The normalized spacial score (nSPS) is 20.6. The Balaban J connectivity index is 1.55. The van der Waals surface area contributed by atoms with E-state index >= 15 is 0 Å². The van der Waals surface area contributed by atoms with Crippen molar-refractivity contribution in [3.63, 3.8) is 0 Å². The summed E-state index contributed by atoms with van der Waals surface area (Å²) in [5.41, 5.74) is 0.945. The maximum Gasteiger partial charge on any atom is 0.253 e. The number of carbonyl (C=O) groups is 2.